The van der Waals surface area contributed by atoms with Gasteiger partial charge in [-0.25, -0.2) is 0 Å². The minimum Gasteiger partial charge on any atom is -0.394 e. The maximum Gasteiger partial charge on any atom is 0.220 e. The molecule has 0 radical (unpaired) electrons. The van der Waals surface area contributed by atoms with Crippen LogP contribution in [0.1, 0.15) is 258 Å². The number of unbranched alkanes of at least 4 members (excludes halogenated alkanes) is 34. The second-order valence-corrected chi connectivity index (χ2v) is 24.6. The average molecular weight is 1220 g/mol. The summed E-state index contributed by atoms with van der Waals surface area (Å²) in [6.07, 6.45) is 27.8. The fourth-order valence-corrected chi connectivity index (χ4v) is 11.7. The molecule has 0 aromatic heterocycles. The highest BCUT2D eigenvalue weighted by Gasteiger charge is 2.53. The third kappa shape index (κ3) is 31.7. The lowest BCUT2D eigenvalue weighted by atomic mass is 9.96. The summed E-state index contributed by atoms with van der Waals surface area (Å²) in [5, 5.41) is 120. The van der Waals surface area contributed by atoms with Crippen LogP contribution in [0.25, 0.3) is 0 Å². The van der Waals surface area contributed by atoms with Crippen LogP contribution in [-0.4, -0.2) is 193 Å². The first-order valence-electron chi connectivity index (χ1n) is 34.1. The van der Waals surface area contributed by atoms with Gasteiger partial charge in [0.05, 0.1) is 38.6 Å². The first kappa shape index (κ1) is 77.5. The number of ether oxygens (including phenoxy) is 6. The van der Waals surface area contributed by atoms with Crippen LogP contribution in [0, 0.1) is 0 Å². The fraction of sp³-hybridized carbons (Fsp3) is 0.924. The predicted octanol–water partition coefficient (Wildman–Crippen LogP) is 8.27. The zero-order valence-electron chi connectivity index (χ0n) is 52.6. The number of aliphatic hydroxyl groups is 11. The van der Waals surface area contributed by atoms with Gasteiger partial charge in [-0.2, -0.15) is 0 Å². The van der Waals surface area contributed by atoms with E-state index in [-0.39, 0.29) is 18.9 Å². The molecule has 0 spiro atoms. The van der Waals surface area contributed by atoms with Gasteiger partial charge in [0.2, 0.25) is 5.91 Å². The normalized spacial score (nSPS) is 29.1. The Hall–Kier alpha value is -1.73. The van der Waals surface area contributed by atoms with Crippen molar-refractivity contribution in [2.24, 2.45) is 0 Å². The molecular weight excluding hydrogens is 1090 g/mol. The summed E-state index contributed by atoms with van der Waals surface area (Å²) in [7, 11) is 0. The first-order valence-corrected chi connectivity index (χ1v) is 34.1. The molecule has 0 aromatic rings. The van der Waals surface area contributed by atoms with Crippen molar-refractivity contribution in [1.82, 2.24) is 5.32 Å². The van der Waals surface area contributed by atoms with E-state index in [1.807, 2.05) is 6.08 Å². The van der Waals surface area contributed by atoms with Crippen molar-refractivity contribution in [3.8, 4) is 0 Å². The molecule has 85 heavy (non-hydrogen) atoms. The summed E-state index contributed by atoms with van der Waals surface area (Å²) in [5.74, 6) is -0.283. The highest BCUT2D eigenvalue weighted by molar-refractivity contribution is 5.76. The topological polar surface area (TPSA) is 307 Å². The Kier molecular flexibility index (Phi) is 44.7. The number of amides is 1. The van der Waals surface area contributed by atoms with E-state index < -0.39 is 124 Å². The van der Waals surface area contributed by atoms with Crippen LogP contribution in [0.2, 0.25) is 0 Å². The van der Waals surface area contributed by atoms with E-state index in [1.165, 1.54) is 186 Å². The summed E-state index contributed by atoms with van der Waals surface area (Å²) < 4.78 is 34.2. The largest absolute Gasteiger partial charge is 0.394 e. The molecule has 3 aliphatic rings. The van der Waals surface area contributed by atoms with Gasteiger partial charge in [-0.3, -0.25) is 4.79 Å². The van der Waals surface area contributed by atoms with E-state index in [2.05, 4.69) is 31.3 Å². The quantitative estimate of drug-likeness (QED) is 0.0201. The second kappa shape index (κ2) is 49.0. The van der Waals surface area contributed by atoms with Crippen LogP contribution < -0.4 is 5.32 Å². The van der Waals surface area contributed by atoms with Crippen molar-refractivity contribution in [3.05, 3.63) is 24.3 Å². The molecule has 3 heterocycles. The second-order valence-electron chi connectivity index (χ2n) is 24.6. The van der Waals surface area contributed by atoms with Crippen molar-refractivity contribution < 1.29 is 89.4 Å². The maximum absolute atomic E-state index is 13.3. The third-order valence-electron chi connectivity index (χ3n) is 17.3. The standard InChI is InChI=1S/C66H123NO18/c1-3-5-7-9-11-13-15-16-17-18-19-20-21-22-23-24-25-26-27-28-29-30-31-32-33-34-36-38-40-42-44-54(72)67-49(50(71)43-41-39-37-35-14-12-10-8-6-4-2)48-80-64-60(78)57(75)62(52(46-69)82-64)85-66-61(79)58(76)63(53(47-70)83-66)84-65-59(77)56(74)55(73)51(45-68)81-65/h14,35,41,43,49-53,55-66,68-71,73-79H,3-13,15-34,36-40,42,44-48H2,1-2H3,(H,67,72)/b35-14+,43-41+. The van der Waals surface area contributed by atoms with Crippen molar-refractivity contribution >= 4 is 5.91 Å². The minimum absolute atomic E-state index is 0.240. The highest BCUT2D eigenvalue weighted by Crippen LogP contribution is 2.33. The number of nitrogens with one attached hydrogen (secondary N) is 1. The molecular formula is C66H123NO18. The lowest BCUT2D eigenvalue weighted by Crippen LogP contribution is -2.66. The molecule has 3 rings (SSSR count). The summed E-state index contributed by atoms with van der Waals surface area (Å²) in [6, 6.07) is -0.985. The molecule has 3 aliphatic heterocycles. The van der Waals surface area contributed by atoms with Crippen LogP contribution >= 0.6 is 0 Å². The lowest BCUT2D eigenvalue weighted by molar-refractivity contribution is -0.379. The van der Waals surface area contributed by atoms with Gasteiger partial charge in [0.15, 0.2) is 18.9 Å². The Balaban J connectivity index is 1.35. The van der Waals surface area contributed by atoms with Gasteiger partial charge in [-0.1, -0.05) is 244 Å². The van der Waals surface area contributed by atoms with E-state index in [4.69, 9.17) is 28.4 Å². The maximum atomic E-state index is 13.3. The van der Waals surface area contributed by atoms with E-state index >= 15 is 0 Å². The zero-order valence-corrected chi connectivity index (χ0v) is 52.6. The van der Waals surface area contributed by atoms with Gasteiger partial charge < -0.3 is 89.9 Å². The van der Waals surface area contributed by atoms with Crippen molar-refractivity contribution in [1.29, 1.82) is 0 Å². The van der Waals surface area contributed by atoms with E-state index in [0.717, 1.165) is 38.5 Å². The molecule has 0 bridgehead atoms. The number of aliphatic hydroxyl groups excluding tert-OH is 11. The number of rotatable bonds is 52. The number of allylic oxidation sites excluding steroid dienone is 3. The van der Waals surface area contributed by atoms with Gasteiger partial charge in [-0.15, -0.1) is 0 Å². The molecule has 12 N–H and O–H groups in total. The molecule has 3 fully saturated rings. The van der Waals surface area contributed by atoms with Crippen molar-refractivity contribution in [2.45, 2.75) is 362 Å². The molecule has 19 nitrogen and oxygen atoms in total. The Morgan fingerprint density at radius 2 is 0.753 bits per heavy atom. The molecule has 0 aliphatic carbocycles. The molecule has 1 amide bonds. The van der Waals surface area contributed by atoms with Crippen LogP contribution in [0.4, 0.5) is 0 Å². The number of carbonyl (C=O) groups is 1. The zero-order chi connectivity index (χ0) is 61.9. The van der Waals surface area contributed by atoms with Gasteiger partial charge in [0, 0.05) is 6.42 Å². The van der Waals surface area contributed by atoms with Crippen LogP contribution in [0.5, 0.6) is 0 Å². The molecule has 0 aromatic carbocycles. The van der Waals surface area contributed by atoms with E-state index in [9.17, 15) is 61.0 Å². The SMILES string of the molecule is CCCCCC/C=C/CC/C=C/C(O)C(COC1OC(CO)C(OC2OC(CO)C(OC3OC(CO)C(O)C(O)C3O)C(O)C2O)C(O)C1O)NC(=O)CCCCCCCCCCCCCCCCCCCCCCCCCCCCCCCC. The van der Waals surface area contributed by atoms with Gasteiger partial charge in [-0.05, 0) is 32.1 Å². The van der Waals surface area contributed by atoms with E-state index in [0.29, 0.717) is 12.8 Å². The Morgan fingerprint density at radius 3 is 1.18 bits per heavy atom. The minimum atomic E-state index is -1.98. The fourth-order valence-electron chi connectivity index (χ4n) is 11.7. The summed E-state index contributed by atoms with van der Waals surface area (Å²) in [6.45, 7) is 1.68. The summed E-state index contributed by atoms with van der Waals surface area (Å²) in [5.41, 5.74) is 0. The number of hydrogen-bond donors (Lipinski definition) is 12. The Labute approximate surface area is 511 Å². The van der Waals surface area contributed by atoms with Crippen LogP contribution in [-0.2, 0) is 33.2 Å². The molecule has 3 saturated heterocycles. The monoisotopic (exact) mass is 1220 g/mol. The van der Waals surface area contributed by atoms with Crippen LogP contribution in [0.3, 0.4) is 0 Å². The molecule has 17 unspecified atom stereocenters. The average Bonchev–Trinajstić information content (AvgIpc) is 2.15. The summed E-state index contributed by atoms with van der Waals surface area (Å²) in [4.78, 5) is 13.3. The number of hydrogen-bond acceptors (Lipinski definition) is 18. The van der Waals surface area contributed by atoms with E-state index in [1.54, 1.807) is 6.08 Å². The smallest absolute Gasteiger partial charge is 0.220 e. The molecule has 17 atom stereocenters. The van der Waals surface area contributed by atoms with Crippen molar-refractivity contribution in [2.75, 3.05) is 26.4 Å². The van der Waals surface area contributed by atoms with Crippen molar-refractivity contribution in [3.63, 3.8) is 0 Å². The molecule has 0 saturated carbocycles. The predicted molar refractivity (Wildman–Crippen MR) is 328 cm³/mol. The highest BCUT2D eigenvalue weighted by atomic mass is 16.8. The molecule has 500 valence electrons. The van der Waals surface area contributed by atoms with Gasteiger partial charge in [0.1, 0.15) is 73.2 Å². The first-order chi connectivity index (χ1) is 41.3. The van der Waals surface area contributed by atoms with Gasteiger partial charge >= 0.3 is 0 Å². The Morgan fingerprint density at radius 1 is 0.412 bits per heavy atom. The lowest BCUT2D eigenvalue weighted by Gasteiger charge is -2.48. The summed E-state index contributed by atoms with van der Waals surface area (Å²) >= 11 is 0. The van der Waals surface area contributed by atoms with Gasteiger partial charge in [0.25, 0.3) is 0 Å². The molecule has 19 heteroatoms. The third-order valence-corrected chi connectivity index (χ3v) is 17.3. The van der Waals surface area contributed by atoms with Crippen LogP contribution in [0.15, 0.2) is 24.3 Å². The number of carbonyl (C=O) groups excluding carboxylic acids is 1. The Bertz CT molecular complexity index is 1640.